The number of rotatable bonds is 5. The number of benzene rings is 2. The zero-order valence-electron chi connectivity index (χ0n) is 15.9. The van der Waals surface area contributed by atoms with Crippen LogP contribution in [0.3, 0.4) is 0 Å². The first-order valence-corrected chi connectivity index (χ1v) is 9.32. The van der Waals surface area contributed by atoms with E-state index in [-0.39, 0.29) is 17.7 Å². The van der Waals surface area contributed by atoms with Gasteiger partial charge in [-0.05, 0) is 23.8 Å². The van der Waals surface area contributed by atoms with Gasteiger partial charge >= 0.3 is 0 Å². The lowest BCUT2D eigenvalue weighted by Crippen LogP contribution is -2.47. The fourth-order valence-electron chi connectivity index (χ4n) is 3.11. The highest BCUT2D eigenvalue weighted by Gasteiger charge is 2.34. The summed E-state index contributed by atoms with van der Waals surface area (Å²) in [7, 11) is 1.58. The van der Waals surface area contributed by atoms with Crippen LogP contribution in [-0.2, 0) is 4.79 Å². The molecule has 1 saturated heterocycles. The van der Waals surface area contributed by atoms with Gasteiger partial charge in [0.15, 0.2) is 0 Å². The van der Waals surface area contributed by atoms with Gasteiger partial charge in [-0.15, -0.1) is 0 Å². The van der Waals surface area contributed by atoms with Crippen molar-refractivity contribution in [1.82, 2.24) is 20.4 Å². The molecule has 0 unspecified atom stereocenters. The Hall–Kier alpha value is -3.74. The highest BCUT2D eigenvalue weighted by Crippen LogP contribution is 2.28. The number of carbonyl (C=O) groups excluding carboxylic acids is 2. The maximum Gasteiger partial charge on any atom is 0.251 e. The zero-order chi connectivity index (χ0) is 20.2. The van der Waals surface area contributed by atoms with Crippen LogP contribution >= 0.6 is 0 Å². The van der Waals surface area contributed by atoms with Crippen molar-refractivity contribution in [2.45, 2.75) is 5.92 Å². The van der Waals surface area contributed by atoms with Crippen molar-refractivity contribution >= 4 is 17.9 Å². The Balaban J connectivity index is 1.38. The lowest BCUT2D eigenvalue weighted by Gasteiger charge is -2.36. The standard InChI is InChI=1S/C22H20N4O3/c1-23-21(28)17-9-5-8-16(12-17)20-24-22(29-25-20)18-13-26(14-18)19(27)11-10-15-6-3-2-4-7-15/h2-12,18H,13-14H2,1H3,(H,23,28). The van der Waals surface area contributed by atoms with Gasteiger partial charge in [0.2, 0.25) is 17.6 Å². The van der Waals surface area contributed by atoms with Crippen LogP contribution in [0.15, 0.2) is 65.2 Å². The number of nitrogens with zero attached hydrogens (tertiary/aromatic N) is 3. The molecule has 29 heavy (non-hydrogen) atoms. The van der Waals surface area contributed by atoms with Gasteiger partial charge in [-0.1, -0.05) is 47.6 Å². The van der Waals surface area contributed by atoms with E-state index in [4.69, 9.17) is 4.52 Å². The van der Waals surface area contributed by atoms with E-state index < -0.39 is 0 Å². The Morgan fingerprint density at radius 1 is 1.14 bits per heavy atom. The number of amides is 2. The summed E-state index contributed by atoms with van der Waals surface area (Å²) in [5, 5.41) is 6.62. The molecule has 2 heterocycles. The van der Waals surface area contributed by atoms with E-state index in [1.807, 2.05) is 36.4 Å². The Labute approximate surface area is 168 Å². The molecule has 0 atom stereocenters. The summed E-state index contributed by atoms with van der Waals surface area (Å²) in [5.74, 6) is 0.740. The van der Waals surface area contributed by atoms with E-state index in [0.29, 0.717) is 35.9 Å². The predicted octanol–water partition coefficient (Wildman–Crippen LogP) is 2.74. The normalized spacial score (nSPS) is 14.0. The lowest BCUT2D eigenvalue weighted by molar-refractivity contribution is -0.130. The van der Waals surface area contributed by atoms with Gasteiger partial charge < -0.3 is 14.7 Å². The van der Waals surface area contributed by atoms with Crippen molar-refractivity contribution in [1.29, 1.82) is 0 Å². The molecule has 1 aliphatic heterocycles. The van der Waals surface area contributed by atoms with Gasteiger partial charge in [-0.25, -0.2) is 0 Å². The van der Waals surface area contributed by atoms with Gasteiger partial charge in [0.25, 0.3) is 5.91 Å². The molecule has 2 amide bonds. The van der Waals surface area contributed by atoms with E-state index in [1.165, 1.54) is 0 Å². The largest absolute Gasteiger partial charge is 0.355 e. The third kappa shape index (κ3) is 4.08. The molecular formula is C22H20N4O3. The van der Waals surface area contributed by atoms with Crippen molar-refractivity contribution in [2.75, 3.05) is 20.1 Å². The van der Waals surface area contributed by atoms with E-state index in [1.54, 1.807) is 42.3 Å². The zero-order valence-corrected chi connectivity index (χ0v) is 15.9. The molecule has 7 heteroatoms. The first kappa shape index (κ1) is 18.6. The van der Waals surface area contributed by atoms with E-state index in [2.05, 4.69) is 15.5 Å². The summed E-state index contributed by atoms with van der Waals surface area (Å²) in [5.41, 5.74) is 2.22. The Kier molecular flexibility index (Phi) is 5.20. The topological polar surface area (TPSA) is 88.3 Å². The van der Waals surface area contributed by atoms with Crippen LogP contribution in [0.4, 0.5) is 0 Å². The smallest absolute Gasteiger partial charge is 0.251 e. The molecule has 2 aromatic carbocycles. The molecule has 0 spiro atoms. The molecule has 0 radical (unpaired) electrons. The van der Waals surface area contributed by atoms with Gasteiger partial charge in [-0.2, -0.15) is 4.98 Å². The third-order valence-corrected chi connectivity index (χ3v) is 4.81. The summed E-state index contributed by atoms with van der Waals surface area (Å²) in [6.07, 6.45) is 3.38. The molecule has 7 nitrogen and oxygen atoms in total. The molecule has 1 aromatic heterocycles. The Morgan fingerprint density at radius 2 is 1.93 bits per heavy atom. The second-order valence-electron chi connectivity index (χ2n) is 6.80. The van der Waals surface area contributed by atoms with Crippen LogP contribution in [0, 0.1) is 0 Å². The second kappa shape index (κ2) is 8.10. The summed E-state index contributed by atoms with van der Waals surface area (Å²) >= 11 is 0. The number of hydrogen-bond donors (Lipinski definition) is 1. The van der Waals surface area contributed by atoms with Gasteiger partial charge in [0.1, 0.15) is 0 Å². The minimum atomic E-state index is -0.174. The molecule has 1 N–H and O–H groups in total. The highest BCUT2D eigenvalue weighted by molar-refractivity contribution is 5.95. The molecule has 1 aliphatic rings. The van der Waals surface area contributed by atoms with Crippen LogP contribution < -0.4 is 5.32 Å². The summed E-state index contributed by atoms with van der Waals surface area (Å²) in [6.45, 7) is 1.08. The molecule has 3 aromatic rings. The van der Waals surface area contributed by atoms with E-state index in [9.17, 15) is 9.59 Å². The molecule has 1 fully saturated rings. The van der Waals surface area contributed by atoms with Gasteiger partial charge in [0, 0.05) is 37.3 Å². The number of aromatic nitrogens is 2. The van der Waals surface area contributed by atoms with Crippen molar-refractivity contribution in [2.24, 2.45) is 0 Å². The van der Waals surface area contributed by atoms with Crippen LogP contribution in [0.2, 0.25) is 0 Å². The van der Waals surface area contributed by atoms with Crippen molar-refractivity contribution in [3.8, 4) is 11.4 Å². The SMILES string of the molecule is CNC(=O)c1cccc(-c2noc(C3CN(C(=O)C=Cc4ccccc4)C3)n2)c1. The molecule has 146 valence electrons. The molecule has 4 rings (SSSR count). The maximum absolute atomic E-state index is 12.3. The van der Waals surface area contributed by atoms with Gasteiger partial charge in [0.05, 0.1) is 5.92 Å². The number of likely N-dealkylation sites (tertiary alicyclic amines) is 1. The minimum Gasteiger partial charge on any atom is -0.355 e. The lowest BCUT2D eigenvalue weighted by atomic mass is 10.00. The first-order chi connectivity index (χ1) is 14.1. The molecule has 0 saturated carbocycles. The number of hydrogen-bond acceptors (Lipinski definition) is 5. The molecule has 0 aliphatic carbocycles. The van der Waals surface area contributed by atoms with Crippen LogP contribution in [0.1, 0.15) is 27.7 Å². The van der Waals surface area contributed by atoms with Crippen molar-refractivity contribution in [3.05, 3.63) is 77.7 Å². The minimum absolute atomic E-state index is 0.0208. The number of carbonyl (C=O) groups is 2. The third-order valence-electron chi connectivity index (χ3n) is 4.81. The van der Waals surface area contributed by atoms with Crippen LogP contribution in [0.25, 0.3) is 17.5 Å². The summed E-state index contributed by atoms with van der Waals surface area (Å²) in [6, 6.07) is 16.7. The maximum atomic E-state index is 12.3. The summed E-state index contributed by atoms with van der Waals surface area (Å²) < 4.78 is 5.39. The van der Waals surface area contributed by atoms with Crippen molar-refractivity contribution < 1.29 is 14.1 Å². The van der Waals surface area contributed by atoms with E-state index in [0.717, 1.165) is 5.56 Å². The predicted molar refractivity (Wildman–Crippen MR) is 108 cm³/mol. The quantitative estimate of drug-likeness (QED) is 0.679. The van der Waals surface area contributed by atoms with Crippen LogP contribution in [-0.4, -0.2) is 47.0 Å². The first-order valence-electron chi connectivity index (χ1n) is 9.32. The monoisotopic (exact) mass is 388 g/mol. The Morgan fingerprint density at radius 3 is 2.69 bits per heavy atom. The van der Waals surface area contributed by atoms with E-state index >= 15 is 0 Å². The highest BCUT2D eigenvalue weighted by atomic mass is 16.5. The average molecular weight is 388 g/mol. The van der Waals surface area contributed by atoms with Gasteiger partial charge in [-0.3, -0.25) is 9.59 Å². The summed E-state index contributed by atoms with van der Waals surface area (Å²) in [4.78, 5) is 30.2. The Bertz CT molecular complexity index is 1050. The molecule has 0 bridgehead atoms. The fraction of sp³-hybridized carbons (Fsp3) is 0.182. The molecular weight excluding hydrogens is 368 g/mol. The second-order valence-corrected chi connectivity index (χ2v) is 6.80. The number of nitrogens with one attached hydrogen (secondary N) is 1. The van der Waals surface area contributed by atoms with Crippen LogP contribution in [0.5, 0.6) is 0 Å². The average Bonchev–Trinajstić information content (AvgIpc) is 3.21. The van der Waals surface area contributed by atoms with Crippen molar-refractivity contribution in [3.63, 3.8) is 0 Å². The fourth-order valence-corrected chi connectivity index (χ4v) is 3.11.